The third-order valence-corrected chi connectivity index (χ3v) is 3.34. The highest BCUT2D eigenvalue weighted by Gasteiger charge is 2.14. The third kappa shape index (κ3) is 3.36. The van der Waals surface area contributed by atoms with Crippen LogP contribution in [0.2, 0.25) is 0 Å². The molecular formula is C13H15N3O2S. The Morgan fingerprint density at radius 3 is 3.05 bits per heavy atom. The summed E-state index contributed by atoms with van der Waals surface area (Å²) in [5, 5.41) is 2.63. The van der Waals surface area contributed by atoms with Crippen LogP contribution in [0.3, 0.4) is 0 Å². The van der Waals surface area contributed by atoms with Gasteiger partial charge in [-0.25, -0.2) is 4.98 Å². The standard InChI is InChI=1S/C13H15N3O2S/c1-2-18-10-5-9(6-15-7-10)13(17)11-8-19-12(16-11)3-4-14/h5-8H,2-4,14H2,1H3. The van der Waals surface area contributed by atoms with E-state index >= 15 is 0 Å². The van der Waals surface area contributed by atoms with E-state index in [9.17, 15) is 4.79 Å². The van der Waals surface area contributed by atoms with Crippen LogP contribution in [0, 0.1) is 0 Å². The first-order valence-corrected chi connectivity index (χ1v) is 6.89. The van der Waals surface area contributed by atoms with E-state index in [1.165, 1.54) is 17.5 Å². The van der Waals surface area contributed by atoms with Gasteiger partial charge in [0, 0.05) is 23.6 Å². The molecular weight excluding hydrogens is 262 g/mol. The van der Waals surface area contributed by atoms with Crippen LogP contribution in [0.1, 0.15) is 28.0 Å². The van der Waals surface area contributed by atoms with Gasteiger partial charge in [-0.15, -0.1) is 11.3 Å². The van der Waals surface area contributed by atoms with Gasteiger partial charge in [0.2, 0.25) is 5.78 Å². The normalized spacial score (nSPS) is 10.4. The smallest absolute Gasteiger partial charge is 0.213 e. The van der Waals surface area contributed by atoms with E-state index in [1.807, 2.05) is 6.92 Å². The van der Waals surface area contributed by atoms with Crippen LogP contribution in [0.5, 0.6) is 5.75 Å². The van der Waals surface area contributed by atoms with Gasteiger partial charge in [-0.05, 0) is 19.5 Å². The predicted molar refractivity (Wildman–Crippen MR) is 73.7 cm³/mol. The summed E-state index contributed by atoms with van der Waals surface area (Å²) in [7, 11) is 0. The van der Waals surface area contributed by atoms with Gasteiger partial charge in [-0.3, -0.25) is 9.78 Å². The van der Waals surface area contributed by atoms with Crippen molar-refractivity contribution < 1.29 is 9.53 Å². The van der Waals surface area contributed by atoms with Crippen molar-refractivity contribution in [3.8, 4) is 5.75 Å². The molecule has 100 valence electrons. The fourth-order valence-electron chi connectivity index (χ4n) is 1.59. The van der Waals surface area contributed by atoms with Gasteiger partial charge in [0.05, 0.1) is 17.8 Å². The van der Waals surface area contributed by atoms with Crippen LogP contribution in [0.15, 0.2) is 23.8 Å². The van der Waals surface area contributed by atoms with E-state index in [4.69, 9.17) is 10.5 Å². The molecule has 0 bridgehead atoms. The molecule has 0 fully saturated rings. The van der Waals surface area contributed by atoms with Gasteiger partial charge < -0.3 is 10.5 Å². The van der Waals surface area contributed by atoms with E-state index in [-0.39, 0.29) is 5.78 Å². The summed E-state index contributed by atoms with van der Waals surface area (Å²) in [5.41, 5.74) is 6.38. The molecule has 0 amide bonds. The molecule has 2 aromatic rings. The lowest BCUT2D eigenvalue weighted by Gasteiger charge is -2.03. The molecule has 0 unspecified atom stereocenters. The minimum absolute atomic E-state index is 0.145. The van der Waals surface area contributed by atoms with Crippen molar-refractivity contribution in [1.82, 2.24) is 9.97 Å². The lowest BCUT2D eigenvalue weighted by Crippen LogP contribution is -2.05. The second kappa shape index (κ2) is 6.40. The quantitative estimate of drug-likeness (QED) is 0.813. The Kier molecular flexibility index (Phi) is 4.59. The summed E-state index contributed by atoms with van der Waals surface area (Å²) >= 11 is 1.45. The Balaban J connectivity index is 2.20. The van der Waals surface area contributed by atoms with E-state index < -0.39 is 0 Å². The number of nitrogens with two attached hydrogens (primary N) is 1. The number of aromatic nitrogens is 2. The van der Waals surface area contributed by atoms with Crippen LogP contribution in [0.25, 0.3) is 0 Å². The molecule has 0 saturated heterocycles. The van der Waals surface area contributed by atoms with E-state index in [0.717, 1.165) is 5.01 Å². The number of carbonyl (C=O) groups excluding carboxylic acids is 1. The number of carbonyl (C=O) groups is 1. The number of hydrogen-bond acceptors (Lipinski definition) is 6. The van der Waals surface area contributed by atoms with Gasteiger partial charge in [-0.1, -0.05) is 0 Å². The van der Waals surface area contributed by atoms with Crippen LogP contribution < -0.4 is 10.5 Å². The van der Waals surface area contributed by atoms with Gasteiger partial charge in [0.15, 0.2) is 0 Å². The van der Waals surface area contributed by atoms with Crippen LogP contribution in [0.4, 0.5) is 0 Å². The lowest BCUT2D eigenvalue weighted by molar-refractivity contribution is 0.103. The zero-order valence-corrected chi connectivity index (χ0v) is 11.4. The lowest BCUT2D eigenvalue weighted by atomic mass is 10.1. The highest BCUT2D eigenvalue weighted by Crippen LogP contribution is 2.17. The maximum absolute atomic E-state index is 12.2. The molecule has 2 aromatic heterocycles. The number of rotatable bonds is 6. The molecule has 0 atom stereocenters. The summed E-state index contributed by atoms with van der Waals surface area (Å²) < 4.78 is 5.33. The molecule has 5 nitrogen and oxygen atoms in total. The van der Waals surface area contributed by atoms with Crippen molar-refractivity contribution in [2.75, 3.05) is 13.2 Å². The number of ketones is 1. The average molecular weight is 277 g/mol. The summed E-state index contributed by atoms with van der Waals surface area (Å²) in [4.78, 5) is 20.5. The molecule has 6 heteroatoms. The maximum Gasteiger partial charge on any atom is 0.213 e. The third-order valence-electron chi connectivity index (χ3n) is 2.43. The summed E-state index contributed by atoms with van der Waals surface area (Å²) in [5.74, 6) is 0.444. The largest absolute Gasteiger partial charge is 0.492 e. The Bertz CT molecular complexity index is 569. The monoisotopic (exact) mass is 277 g/mol. The minimum Gasteiger partial charge on any atom is -0.492 e. The first-order chi connectivity index (χ1) is 9.24. The molecule has 0 radical (unpaired) electrons. The van der Waals surface area contributed by atoms with Crippen molar-refractivity contribution >= 4 is 17.1 Å². The van der Waals surface area contributed by atoms with Gasteiger partial charge in [0.1, 0.15) is 11.4 Å². The number of nitrogens with zero attached hydrogens (tertiary/aromatic N) is 2. The minimum atomic E-state index is -0.145. The Morgan fingerprint density at radius 1 is 1.47 bits per heavy atom. The van der Waals surface area contributed by atoms with Crippen LogP contribution in [-0.4, -0.2) is 28.9 Å². The first-order valence-electron chi connectivity index (χ1n) is 6.01. The Morgan fingerprint density at radius 2 is 2.32 bits per heavy atom. The summed E-state index contributed by atoms with van der Waals surface area (Å²) in [6, 6.07) is 1.68. The van der Waals surface area contributed by atoms with Gasteiger partial charge >= 0.3 is 0 Å². The van der Waals surface area contributed by atoms with Gasteiger partial charge in [0.25, 0.3) is 0 Å². The molecule has 2 N–H and O–H groups in total. The molecule has 2 rings (SSSR count). The molecule has 0 aliphatic carbocycles. The number of pyridine rings is 1. The summed E-state index contributed by atoms with van der Waals surface area (Å²) in [6.07, 6.45) is 3.79. The van der Waals surface area contributed by atoms with E-state index in [0.29, 0.717) is 36.6 Å². The molecule has 0 aromatic carbocycles. The zero-order chi connectivity index (χ0) is 13.7. The van der Waals surface area contributed by atoms with E-state index in [1.54, 1.807) is 17.6 Å². The SMILES string of the molecule is CCOc1cncc(C(=O)c2csc(CCN)n2)c1. The van der Waals surface area contributed by atoms with Crippen molar-refractivity contribution in [3.63, 3.8) is 0 Å². The van der Waals surface area contributed by atoms with Crippen LogP contribution in [-0.2, 0) is 6.42 Å². The summed E-state index contributed by atoms with van der Waals surface area (Å²) in [6.45, 7) is 2.95. The fourth-order valence-corrected chi connectivity index (χ4v) is 2.38. The van der Waals surface area contributed by atoms with Crippen molar-refractivity contribution in [3.05, 3.63) is 40.1 Å². The van der Waals surface area contributed by atoms with Gasteiger partial charge in [-0.2, -0.15) is 0 Å². The number of hydrogen-bond donors (Lipinski definition) is 1. The second-order valence-corrected chi connectivity index (χ2v) is 4.78. The number of thiazole rings is 1. The highest BCUT2D eigenvalue weighted by atomic mass is 32.1. The Hall–Kier alpha value is -1.79. The molecule has 0 saturated carbocycles. The fraction of sp³-hybridized carbons (Fsp3) is 0.308. The molecule has 0 spiro atoms. The highest BCUT2D eigenvalue weighted by molar-refractivity contribution is 7.09. The topological polar surface area (TPSA) is 78.1 Å². The zero-order valence-electron chi connectivity index (χ0n) is 10.6. The molecule has 19 heavy (non-hydrogen) atoms. The first kappa shape index (κ1) is 13.6. The van der Waals surface area contributed by atoms with Crippen molar-refractivity contribution in [2.24, 2.45) is 5.73 Å². The van der Waals surface area contributed by atoms with Crippen molar-refractivity contribution in [2.45, 2.75) is 13.3 Å². The maximum atomic E-state index is 12.2. The molecule has 0 aliphatic heterocycles. The second-order valence-electron chi connectivity index (χ2n) is 3.84. The van der Waals surface area contributed by atoms with Crippen LogP contribution >= 0.6 is 11.3 Å². The van der Waals surface area contributed by atoms with E-state index in [2.05, 4.69) is 9.97 Å². The molecule has 0 aliphatic rings. The van der Waals surface area contributed by atoms with Crippen molar-refractivity contribution in [1.29, 1.82) is 0 Å². The molecule has 2 heterocycles. The Labute approximate surface area is 115 Å². The number of ether oxygens (including phenoxy) is 1. The predicted octanol–water partition coefficient (Wildman–Crippen LogP) is 1.67. The average Bonchev–Trinajstić information content (AvgIpc) is 2.88.